The number of hydrogen-bond donors (Lipinski definition) is 0. The van der Waals surface area contributed by atoms with Crippen molar-refractivity contribution in [3.63, 3.8) is 0 Å². The Morgan fingerprint density at radius 3 is 2.31 bits per heavy atom. The van der Waals surface area contributed by atoms with Crippen LogP contribution in [0.2, 0.25) is 0 Å². The van der Waals surface area contributed by atoms with Crippen molar-refractivity contribution in [1.29, 1.82) is 0 Å². The number of anilines is 1. The summed E-state index contributed by atoms with van der Waals surface area (Å²) in [7, 11) is -2.99. The van der Waals surface area contributed by atoms with Gasteiger partial charge >= 0.3 is 12.4 Å². The topological polar surface area (TPSA) is 89.5 Å². The second-order valence-corrected chi connectivity index (χ2v) is 9.49. The van der Waals surface area contributed by atoms with Crippen molar-refractivity contribution in [1.82, 2.24) is 9.97 Å². The van der Waals surface area contributed by atoms with Gasteiger partial charge in [-0.05, 0) is 36.4 Å². The first-order chi connectivity index (χ1) is 16.6. The molecule has 0 aliphatic carbocycles. The van der Waals surface area contributed by atoms with E-state index in [1.54, 1.807) is 0 Å². The Hall–Kier alpha value is -3.68. The number of alkyl halides is 6. The van der Waals surface area contributed by atoms with Crippen LogP contribution < -0.4 is 9.64 Å². The molecule has 36 heavy (non-hydrogen) atoms. The second kappa shape index (κ2) is 9.76. The van der Waals surface area contributed by atoms with Gasteiger partial charge in [-0.15, -0.1) is 0 Å². The van der Waals surface area contributed by atoms with Gasteiger partial charge in [0, 0.05) is 35.3 Å². The number of methoxy groups -OCH3 is 1. The Labute approximate surface area is 201 Å². The summed E-state index contributed by atoms with van der Waals surface area (Å²) in [6.07, 6.45) is -5.93. The van der Waals surface area contributed by atoms with Crippen LogP contribution in [0.1, 0.15) is 15.9 Å². The molecule has 0 aliphatic heterocycles. The molecular formula is C22H17F6N3O4S. The number of carbonyl (C=O) groups excluding carboxylic acids is 1. The fraction of sp³-hybridized carbons (Fsp3) is 0.227. The maximum absolute atomic E-state index is 13.6. The molecule has 2 aromatic heterocycles. The van der Waals surface area contributed by atoms with E-state index < -0.39 is 56.4 Å². The molecule has 192 valence electrons. The van der Waals surface area contributed by atoms with Gasteiger partial charge < -0.3 is 4.74 Å². The van der Waals surface area contributed by atoms with E-state index >= 15 is 0 Å². The third kappa shape index (κ3) is 6.11. The van der Waals surface area contributed by atoms with Crippen LogP contribution in [0.4, 0.5) is 32.0 Å². The lowest BCUT2D eigenvalue weighted by Gasteiger charge is -2.26. The van der Waals surface area contributed by atoms with E-state index in [0.717, 1.165) is 6.20 Å². The van der Waals surface area contributed by atoms with Crippen molar-refractivity contribution >= 4 is 21.4 Å². The number of ether oxygens (including phenoxy) is 1. The van der Waals surface area contributed by atoms with E-state index in [4.69, 9.17) is 4.74 Å². The third-order valence-electron chi connectivity index (χ3n) is 4.84. The molecule has 0 saturated carbocycles. The number of pyridine rings is 2. The van der Waals surface area contributed by atoms with Gasteiger partial charge in [0.2, 0.25) is 5.88 Å². The number of halogens is 6. The Balaban J connectivity index is 2.26. The minimum Gasteiger partial charge on any atom is -0.481 e. The Morgan fingerprint density at radius 1 is 1.03 bits per heavy atom. The highest BCUT2D eigenvalue weighted by Gasteiger charge is 2.38. The molecule has 3 rings (SSSR count). The average molecular weight is 533 g/mol. The summed E-state index contributed by atoms with van der Waals surface area (Å²) in [6.45, 7) is -1.91. The molecule has 0 unspecified atom stereocenters. The summed E-state index contributed by atoms with van der Waals surface area (Å²) in [5.41, 5.74) is -2.64. The van der Waals surface area contributed by atoms with Gasteiger partial charge in [0.15, 0.2) is 9.84 Å². The predicted octanol–water partition coefficient (Wildman–Crippen LogP) is 4.78. The standard InChI is InChI=1S/C22H17F6N3O4S/c1-35-19-17(4-3-6-30-19)16-5-7-29-11-18(16)31(12-21(23,24)25)20(32)13-8-14(22(26,27)28)10-15(9-13)36(2,33)34/h3-11H,12H2,1-2H3. The molecule has 0 fully saturated rings. The zero-order valence-electron chi connectivity index (χ0n) is 18.6. The second-order valence-electron chi connectivity index (χ2n) is 7.48. The largest absolute Gasteiger partial charge is 0.481 e. The van der Waals surface area contributed by atoms with Gasteiger partial charge in [-0.1, -0.05) is 0 Å². The molecule has 0 bridgehead atoms. The number of benzene rings is 1. The Kier molecular flexibility index (Phi) is 7.30. The normalized spacial score (nSPS) is 12.3. The molecule has 7 nitrogen and oxygen atoms in total. The van der Waals surface area contributed by atoms with Crippen LogP contribution in [-0.4, -0.2) is 50.4 Å². The highest BCUT2D eigenvalue weighted by molar-refractivity contribution is 7.90. The molecule has 3 aromatic rings. The first-order valence-corrected chi connectivity index (χ1v) is 11.8. The first-order valence-electron chi connectivity index (χ1n) is 9.86. The molecule has 0 aliphatic rings. The Morgan fingerprint density at radius 2 is 1.72 bits per heavy atom. The van der Waals surface area contributed by atoms with E-state index in [9.17, 15) is 39.6 Å². The monoisotopic (exact) mass is 533 g/mol. The number of amides is 1. The number of hydrogen-bond acceptors (Lipinski definition) is 6. The molecule has 0 N–H and O–H groups in total. The van der Waals surface area contributed by atoms with Crippen LogP contribution in [0.3, 0.4) is 0 Å². The van der Waals surface area contributed by atoms with Crippen LogP contribution in [0.25, 0.3) is 11.1 Å². The highest BCUT2D eigenvalue weighted by atomic mass is 32.2. The summed E-state index contributed by atoms with van der Waals surface area (Å²) in [4.78, 5) is 20.3. The van der Waals surface area contributed by atoms with E-state index in [0.29, 0.717) is 24.5 Å². The van der Waals surface area contributed by atoms with E-state index in [1.807, 2.05) is 0 Å². The first kappa shape index (κ1) is 26.9. The van der Waals surface area contributed by atoms with Crippen molar-refractivity contribution in [2.45, 2.75) is 17.2 Å². The third-order valence-corrected chi connectivity index (χ3v) is 5.93. The van der Waals surface area contributed by atoms with Crippen LogP contribution in [-0.2, 0) is 16.0 Å². The lowest BCUT2D eigenvalue weighted by molar-refractivity contribution is -0.137. The summed E-state index contributed by atoms with van der Waals surface area (Å²) in [6, 6.07) is 5.38. The number of nitrogens with zero attached hydrogens (tertiary/aromatic N) is 3. The fourth-order valence-corrected chi connectivity index (χ4v) is 3.97. The van der Waals surface area contributed by atoms with Gasteiger partial charge in [-0.25, -0.2) is 13.4 Å². The van der Waals surface area contributed by atoms with Crippen molar-refractivity contribution in [2.75, 3.05) is 24.8 Å². The highest BCUT2D eigenvalue weighted by Crippen LogP contribution is 2.38. The fourth-order valence-electron chi connectivity index (χ4n) is 3.29. The maximum atomic E-state index is 13.6. The molecule has 0 atom stereocenters. The average Bonchev–Trinajstić information content (AvgIpc) is 2.80. The minimum atomic E-state index is -5.08. The van der Waals surface area contributed by atoms with Gasteiger partial charge in [-0.2, -0.15) is 26.3 Å². The number of carbonyl (C=O) groups is 1. The van der Waals surface area contributed by atoms with Gasteiger partial charge in [0.1, 0.15) is 6.54 Å². The van der Waals surface area contributed by atoms with Crippen molar-refractivity contribution in [3.05, 3.63) is 66.1 Å². The Bertz CT molecular complexity index is 1390. The van der Waals surface area contributed by atoms with E-state index in [-0.39, 0.29) is 21.9 Å². The van der Waals surface area contributed by atoms with Crippen molar-refractivity contribution in [2.24, 2.45) is 0 Å². The van der Waals surface area contributed by atoms with Crippen LogP contribution in [0, 0.1) is 0 Å². The summed E-state index contributed by atoms with van der Waals surface area (Å²) in [5.74, 6) is -1.52. The smallest absolute Gasteiger partial charge is 0.416 e. The van der Waals surface area contributed by atoms with Gasteiger partial charge in [0.05, 0.1) is 29.5 Å². The molecule has 0 saturated heterocycles. The zero-order valence-corrected chi connectivity index (χ0v) is 19.4. The zero-order chi connectivity index (χ0) is 26.9. The van der Waals surface area contributed by atoms with Gasteiger partial charge in [0.25, 0.3) is 5.91 Å². The lowest BCUT2D eigenvalue weighted by Crippen LogP contribution is -2.39. The number of sulfone groups is 1. The molecule has 1 aromatic carbocycles. The molecule has 14 heteroatoms. The number of rotatable bonds is 6. The van der Waals surface area contributed by atoms with Crippen LogP contribution in [0.15, 0.2) is 59.9 Å². The number of aromatic nitrogens is 2. The quantitative estimate of drug-likeness (QED) is 0.424. The summed E-state index contributed by atoms with van der Waals surface area (Å²) >= 11 is 0. The van der Waals surface area contributed by atoms with Crippen LogP contribution >= 0.6 is 0 Å². The van der Waals surface area contributed by atoms with Crippen LogP contribution in [0.5, 0.6) is 5.88 Å². The summed E-state index contributed by atoms with van der Waals surface area (Å²) in [5, 5.41) is 0. The SMILES string of the molecule is COc1ncccc1-c1ccncc1N(CC(F)(F)F)C(=O)c1cc(C(F)(F)F)cc(S(C)(=O)=O)c1. The predicted molar refractivity (Wildman–Crippen MR) is 116 cm³/mol. The maximum Gasteiger partial charge on any atom is 0.416 e. The lowest BCUT2D eigenvalue weighted by atomic mass is 10.0. The molecule has 1 amide bonds. The molecule has 0 spiro atoms. The van der Waals surface area contributed by atoms with E-state index in [1.165, 1.54) is 37.7 Å². The van der Waals surface area contributed by atoms with E-state index in [2.05, 4.69) is 9.97 Å². The minimum absolute atomic E-state index is 0.00258. The summed E-state index contributed by atoms with van der Waals surface area (Å²) < 4.78 is 110. The molecule has 2 heterocycles. The van der Waals surface area contributed by atoms with Crippen molar-refractivity contribution in [3.8, 4) is 17.0 Å². The molecule has 0 radical (unpaired) electrons. The van der Waals surface area contributed by atoms with Gasteiger partial charge in [-0.3, -0.25) is 14.7 Å². The van der Waals surface area contributed by atoms with Crippen molar-refractivity contribution < 1.29 is 44.3 Å². The molecular weight excluding hydrogens is 516 g/mol.